The lowest BCUT2D eigenvalue weighted by molar-refractivity contribution is -0.134. The summed E-state index contributed by atoms with van der Waals surface area (Å²) in [6.07, 6.45) is 4.13. The molecule has 3 aromatic rings. The van der Waals surface area contributed by atoms with Crippen molar-refractivity contribution in [3.63, 3.8) is 0 Å². The van der Waals surface area contributed by atoms with Crippen molar-refractivity contribution in [2.24, 2.45) is 0 Å². The van der Waals surface area contributed by atoms with Crippen molar-refractivity contribution in [1.82, 2.24) is 20.3 Å². The molecule has 0 bridgehead atoms. The standard InChI is InChI=1S/C33H40N4O5S/c1-24(38)35-18-17-27-8-4-6-10-30(27)22-29-9-5-3-7-26(29)15-16-32(39)37-20-19-34-23-31(37)21-25-11-13-28(14-12-25)33(40)36-43(2,41)42/h3-14,31,34H,15-23H2,1-2H3,(H,35,38)(H,36,40)/t31-/m1/s1. The van der Waals surface area contributed by atoms with Gasteiger partial charge in [0.2, 0.25) is 21.8 Å². The molecule has 0 unspecified atom stereocenters. The molecule has 1 aliphatic rings. The van der Waals surface area contributed by atoms with Gasteiger partial charge in [0, 0.05) is 51.1 Å². The molecule has 3 amide bonds. The summed E-state index contributed by atoms with van der Waals surface area (Å²) >= 11 is 0. The summed E-state index contributed by atoms with van der Waals surface area (Å²) in [5.74, 6) is -0.590. The van der Waals surface area contributed by atoms with Gasteiger partial charge in [0.25, 0.3) is 5.91 Å². The maximum Gasteiger partial charge on any atom is 0.264 e. The number of aryl methyl sites for hydroxylation is 1. The van der Waals surface area contributed by atoms with Gasteiger partial charge in [-0.2, -0.15) is 0 Å². The molecule has 0 saturated carbocycles. The van der Waals surface area contributed by atoms with E-state index in [-0.39, 0.29) is 23.4 Å². The second-order valence-corrected chi connectivity index (χ2v) is 12.7. The molecule has 0 aliphatic carbocycles. The first-order valence-corrected chi connectivity index (χ1v) is 16.5. The second kappa shape index (κ2) is 14.9. The third-order valence-electron chi connectivity index (χ3n) is 7.63. The molecule has 4 rings (SSSR count). The lowest BCUT2D eigenvalue weighted by atomic mass is 9.93. The van der Waals surface area contributed by atoms with Crippen LogP contribution in [0.1, 0.15) is 51.5 Å². The van der Waals surface area contributed by atoms with Gasteiger partial charge in [-0.1, -0.05) is 60.7 Å². The summed E-state index contributed by atoms with van der Waals surface area (Å²) in [5, 5.41) is 6.26. The number of benzene rings is 3. The van der Waals surface area contributed by atoms with E-state index in [1.54, 1.807) is 24.3 Å². The number of hydrogen-bond acceptors (Lipinski definition) is 6. The number of nitrogens with one attached hydrogen (secondary N) is 3. The summed E-state index contributed by atoms with van der Waals surface area (Å²) in [5.41, 5.74) is 5.99. The van der Waals surface area contributed by atoms with Crippen LogP contribution in [0.15, 0.2) is 72.8 Å². The van der Waals surface area contributed by atoms with Crippen LogP contribution in [0.25, 0.3) is 0 Å². The third kappa shape index (κ3) is 9.76. The van der Waals surface area contributed by atoms with Crippen LogP contribution in [-0.2, 0) is 45.3 Å². The van der Waals surface area contributed by atoms with E-state index in [4.69, 9.17) is 0 Å². The molecule has 0 spiro atoms. The first-order chi connectivity index (χ1) is 20.6. The highest BCUT2D eigenvalue weighted by Gasteiger charge is 2.26. The Morgan fingerprint density at radius 2 is 1.49 bits per heavy atom. The first-order valence-electron chi connectivity index (χ1n) is 14.6. The van der Waals surface area contributed by atoms with Crippen LogP contribution in [0.5, 0.6) is 0 Å². The minimum absolute atomic E-state index is 0.0253. The molecule has 10 heteroatoms. The van der Waals surface area contributed by atoms with E-state index in [1.807, 2.05) is 33.9 Å². The molecule has 43 heavy (non-hydrogen) atoms. The smallest absolute Gasteiger partial charge is 0.264 e. The number of carbonyl (C=O) groups excluding carboxylic acids is 3. The number of piperazine rings is 1. The molecular weight excluding hydrogens is 564 g/mol. The number of carbonyl (C=O) groups is 3. The van der Waals surface area contributed by atoms with Gasteiger partial charge >= 0.3 is 0 Å². The molecule has 1 heterocycles. The van der Waals surface area contributed by atoms with Crippen molar-refractivity contribution in [2.45, 2.75) is 45.1 Å². The molecular formula is C33H40N4O5S. The fourth-order valence-electron chi connectivity index (χ4n) is 5.47. The van der Waals surface area contributed by atoms with Gasteiger partial charge in [-0.25, -0.2) is 13.1 Å². The minimum Gasteiger partial charge on any atom is -0.356 e. The lowest BCUT2D eigenvalue weighted by Crippen LogP contribution is -2.54. The molecule has 1 fully saturated rings. The predicted molar refractivity (Wildman–Crippen MR) is 167 cm³/mol. The zero-order chi connectivity index (χ0) is 30.8. The van der Waals surface area contributed by atoms with Gasteiger partial charge in [-0.05, 0) is 65.6 Å². The van der Waals surface area contributed by atoms with E-state index in [0.717, 1.165) is 36.8 Å². The van der Waals surface area contributed by atoms with Crippen molar-refractivity contribution in [3.8, 4) is 0 Å². The molecule has 1 atom stereocenters. The highest BCUT2D eigenvalue weighted by Crippen LogP contribution is 2.21. The fraction of sp³-hybridized carbons (Fsp3) is 0.364. The first kappa shape index (κ1) is 31.9. The van der Waals surface area contributed by atoms with Crippen LogP contribution in [0.2, 0.25) is 0 Å². The summed E-state index contributed by atoms with van der Waals surface area (Å²) in [6, 6.07) is 23.3. The van der Waals surface area contributed by atoms with Gasteiger partial charge in [-0.3, -0.25) is 14.4 Å². The van der Waals surface area contributed by atoms with Crippen LogP contribution < -0.4 is 15.4 Å². The number of rotatable bonds is 12. The van der Waals surface area contributed by atoms with Gasteiger partial charge in [-0.15, -0.1) is 0 Å². The zero-order valence-electron chi connectivity index (χ0n) is 24.8. The molecule has 1 saturated heterocycles. The Balaban J connectivity index is 1.38. The fourth-order valence-corrected chi connectivity index (χ4v) is 5.93. The van der Waals surface area contributed by atoms with Crippen LogP contribution in [0.3, 0.4) is 0 Å². The van der Waals surface area contributed by atoms with E-state index >= 15 is 0 Å². The lowest BCUT2D eigenvalue weighted by Gasteiger charge is -2.36. The molecule has 9 nitrogen and oxygen atoms in total. The predicted octanol–water partition coefficient (Wildman–Crippen LogP) is 2.62. The van der Waals surface area contributed by atoms with Crippen molar-refractivity contribution in [3.05, 3.63) is 106 Å². The van der Waals surface area contributed by atoms with E-state index in [9.17, 15) is 22.8 Å². The summed E-state index contributed by atoms with van der Waals surface area (Å²) in [7, 11) is -3.64. The topological polar surface area (TPSA) is 125 Å². The Morgan fingerprint density at radius 3 is 2.09 bits per heavy atom. The van der Waals surface area contributed by atoms with Gasteiger partial charge < -0.3 is 15.5 Å². The Hall–Kier alpha value is -4.02. The number of sulfonamides is 1. The summed E-state index contributed by atoms with van der Waals surface area (Å²) in [4.78, 5) is 38.9. The Bertz CT molecular complexity index is 1540. The highest BCUT2D eigenvalue weighted by molar-refractivity contribution is 7.89. The Morgan fingerprint density at radius 1 is 0.884 bits per heavy atom. The van der Waals surface area contributed by atoms with E-state index in [0.29, 0.717) is 38.9 Å². The summed E-state index contributed by atoms with van der Waals surface area (Å²) in [6.45, 7) is 4.15. The number of nitrogens with zero attached hydrogens (tertiary/aromatic N) is 1. The normalized spacial score (nSPS) is 15.1. The van der Waals surface area contributed by atoms with E-state index in [1.165, 1.54) is 23.6 Å². The van der Waals surface area contributed by atoms with E-state index < -0.39 is 15.9 Å². The molecule has 0 radical (unpaired) electrons. The van der Waals surface area contributed by atoms with Crippen molar-refractivity contribution in [2.75, 3.05) is 32.4 Å². The SMILES string of the molecule is CC(=O)NCCc1ccccc1Cc1ccccc1CCC(=O)N1CCNC[C@H]1Cc1ccc(C(=O)NS(C)(=O)=O)cc1. The maximum atomic E-state index is 13.5. The van der Waals surface area contributed by atoms with Crippen molar-refractivity contribution >= 4 is 27.7 Å². The quantitative estimate of drug-likeness (QED) is 0.292. The van der Waals surface area contributed by atoms with Gasteiger partial charge in [0.15, 0.2) is 0 Å². The monoisotopic (exact) mass is 604 g/mol. The average Bonchev–Trinajstić information content (AvgIpc) is 2.97. The van der Waals surface area contributed by atoms with Gasteiger partial charge in [0.05, 0.1) is 6.26 Å². The highest BCUT2D eigenvalue weighted by atomic mass is 32.2. The minimum atomic E-state index is -3.64. The molecule has 3 N–H and O–H groups in total. The number of hydrogen-bond donors (Lipinski definition) is 3. The van der Waals surface area contributed by atoms with Crippen molar-refractivity contribution in [1.29, 1.82) is 0 Å². The van der Waals surface area contributed by atoms with Gasteiger partial charge in [0.1, 0.15) is 0 Å². The van der Waals surface area contributed by atoms with Crippen LogP contribution in [0, 0.1) is 0 Å². The molecule has 0 aromatic heterocycles. The third-order valence-corrected chi connectivity index (χ3v) is 8.19. The second-order valence-electron chi connectivity index (χ2n) is 11.0. The Kier molecular flexibility index (Phi) is 11.1. The number of amides is 3. The summed E-state index contributed by atoms with van der Waals surface area (Å²) < 4.78 is 24.7. The van der Waals surface area contributed by atoms with E-state index in [2.05, 4.69) is 34.9 Å². The largest absolute Gasteiger partial charge is 0.356 e. The average molecular weight is 605 g/mol. The van der Waals surface area contributed by atoms with Crippen LogP contribution >= 0.6 is 0 Å². The zero-order valence-corrected chi connectivity index (χ0v) is 25.6. The maximum absolute atomic E-state index is 13.5. The van der Waals surface area contributed by atoms with Crippen molar-refractivity contribution < 1.29 is 22.8 Å². The molecule has 3 aromatic carbocycles. The van der Waals surface area contributed by atoms with Crippen LogP contribution in [-0.4, -0.2) is 69.5 Å². The molecule has 1 aliphatic heterocycles. The Labute approximate surface area is 254 Å². The van der Waals surface area contributed by atoms with Crippen LogP contribution in [0.4, 0.5) is 0 Å². The molecule has 228 valence electrons.